The normalized spacial score (nSPS) is 11.1. The number of benzene rings is 4. The number of rotatable bonds is 11. The molecule has 0 aliphatic rings. The molecule has 0 unspecified atom stereocenters. The first-order chi connectivity index (χ1) is 17.1. The highest BCUT2D eigenvalue weighted by Crippen LogP contribution is 2.30. The van der Waals surface area contributed by atoms with Gasteiger partial charge >= 0.3 is 0 Å². The Morgan fingerprint density at radius 1 is 0.486 bits per heavy atom. The van der Waals surface area contributed by atoms with Crippen LogP contribution in [0.3, 0.4) is 0 Å². The van der Waals surface area contributed by atoms with E-state index in [9.17, 15) is 0 Å². The number of nitrogen functional groups attached to an aromatic ring is 2. The van der Waals surface area contributed by atoms with Crippen LogP contribution in [0.4, 0.5) is 11.4 Å². The van der Waals surface area contributed by atoms with Crippen molar-refractivity contribution in [1.29, 1.82) is 0 Å². The number of hydrogen-bond donors (Lipinski definition) is 2. The summed E-state index contributed by atoms with van der Waals surface area (Å²) in [7, 11) is 0. The average Bonchev–Trinajstić information content (AvgIpc) is 2.89. The third kappa shape index (κ3) is 7.23. The van der Waals surface area contributed by atoms with Crippen molar-refractivity contribution in [3.8, 4) is 0 Å². The summed E-state index contributed by atoms with van der Waals surface area (Å²) in [4.78, 5) is 0. The van der Waals surface area contributed by atoms with Gasteiger partial charge in [0.15, 0.2) is 0 Å². The summed E-state index contributed by atoms with van der Waals surface area (Å²) in [6.45, 7) is 2.28. The van der Waals surface area contributed by atoms with Crippen LogP contribution in [-0.2, 0) is 25.7 Å². The first kappa shape index (κ1) is 24.6. The quantitative estimate of drug-likeness (QED) is 0.224. The van der Waals surface area contributed by atoms with E-state index < -0.39 is 0 Å². The first-order valence-electron chi connectivity index (χ1n) is 13.0. The molecule has 0 aliphatic heterocycles. The molecule has 2 nitrogen and oxygen atoms in total. The Hall–Kier alpha value is -3.52. The van der Waals surface area contributed by atoms with Crippen LogP contribution >= 0.6 is 0 Å². The molecule has 2 heteroatoms. The van der Waals surface area contributed by atoms with E-state index in [0.717, 1.165) is 37.1 Å². The third-order valence-corrected chi connectivity index (χ3v) is 6.97. The minimum Gasteiger partial charge on any atom is -0.399 e. The van der Waals surface area contributed by atoms with Gasteiger partial charge in [0.25, 0.3) is 0 Å². The Labute approximate surface area is 211 Å². The highest BCUT2D eigenvalue weighted by Gasteiger charge is 2.14. The van der Waals surface area contributed by atoms with Crippen molar-refractivity contribution < 1.29 is 0 Å². The average molecular weight is 463 g/mol. The summed E-state index contributed by atoms with van der Waals surface area (Å²) in [6.07, 6.45) is 7.82. The lowest BCUT2D eigenvalue weighted by atomic mass is 9.86. The lowest BCUT2D eigenvalue weighted by molar-refractivity contribution is 0.650. The summed E-state index contributed by atoms with van der Waals surface area (Å²) >= 11 is 0. The molecule has 0 aliphatic carbocycles. The lowest BCUT2D eigenvalue weighted by Crippen LogP contribution is -2.03. The molecule has 0 saturated carbocycles. The van der Waals surface area contributed by atoms with Crippen molar-refractivity contribution in [3.05, 3.63) is 130 Å². The second kappa shape index (κ2) is 12.3. The second-order valence-corrected chi connectivity index (χ2v) is 9.66. The Bertz CT molecular complexity index is 1060. The number of anilines is 2. The molecule has 0 heterocycles. The van der Waals surface area contributed by atoms with Gasteiger partial charge < -0.3 is 11.5 Å². The molecule has 0 amide bonds. The van der Waals surface area contributed by atoms with Crippen LogP contribution in [0, 0.1) is 0 Å². The van der Waals surface area contributed by atoms with Crippen LogP contribution in [0.15, 0.2) is 97.1 Å². The zero-order valence-corrected chi connectivity index (χ0v) is 20.9. The van der Waals surface area contributed by atoms with Crippen molar-refractivity contribution in [2.45, 2.75) is 57.8 Å². The maximum atomic E-state index is 5.81. The minimum atomic E-state index is 0.451. The molecule has 0 fully saturated rings. The van der Waals surface area contributed by atoms with Crippen LogP contribution in [0.25, 0.3) is 0 Å². The number of unbranched alkanes of at least 4 members (excludes halogenated alkanes) is 1. The summed E-state index contributed by atoms with van der Waals surface area (Å²) < 4.78 is 0. The topological polar surface area (TPSA) is 52.0 Å². The molecular weight excluding hydrogens is 424 g/mol. The van der Waals surface area contributed by atoms with Gasteiger partial charge in [-0.1, -0.05) is 92.6 Å². The zero-order valence-electron chi connectivity index (χ0n) is 20.9. The van der Waals surface area contributed by atoms with E-state index in [4.69, 9.17) is 11.5 Å². The highest BCUT2D eigenvalue weighted by molar-refractivity contribution is 5.41. The van der Waals surface area contributed by atoms with Crippen molar-refractivity contribution in [2.75, 3.05) is 11.5 Å². The van der Waals surface area contributed by atoms with Crippen LogP contribution in [0.1, 0.15) is 65.5 Å². The monoisotopic (exact) mass is 462 g/mol. The number of aryl methyl sites for hydroxylation is 4. The molecule has 0 aromatic heterocycles. The maximum Gasteiger partial charge on any atom is 0.0314 e. The standard InChI is InChI=1S/C33H38N2/c1-2-3-4-33(29-17-9-25(10-18-29)5-7-27-13-21-31(34)22-14-27)30-19-11-26(12-20-30)6-8-28-15-23-32(35)24-16-28/h9-24,33H,2-8,34-35H2,1H3. The van der Waals surface area contributed by atoms with E-state index in [1.165, 1.54) is 52.6 Å². The Balaban J connectivity index is 1.40. The van der Waals surface area contributed by atoms with E-state index in [-0.39, 0.29) is 0 Å². The maximum absolute atomic E-state index is 5.81. The molecule has 0 radical (unpaired) electrons. The van der Waals surface area contributed by atoms with E-state index in [1.54, 1.807) is 0 Å². The van der Waals surface area contributed by atoms with Crippen molar-refractivity contribution in [3.63, 3.8) is 0 Å². The Morgan fingerprint density at radius 3 is 1.11 bits per heavy atom. The van der Waals surface area contributed by atoms with Crippen LogP contribution < -0.4 is 11.5 Å². The highest BCUT2D eigenvalue weighted by atomic mass is 14.5. The van der Waals surface area contributed by atoms with Crippen LogP contribution in [0.5, 0.6) is 0 Å². The van der Waals surface area contributed by atoms with Crippen molar-refractivity contribution in [1.82, 2.24) is 0 Å². The lowest BCUT2D eigenvalue weighted by Gasteiger charge is -2.19. The molecule has 4 aromatic carbocycles. The third-order valence-electron chi connectivity index (χ3n) is 6.97. The molecule has 0 spiro atoms. The fourth-order valence-electron chi connectivity index (χ4n) is 4.71. The van der Waals surface area contributed by atoms with Gasteiger partial charge in [-0.15, -0.1) is 0 Å². The smallest absolute Gasteiger partial charge is 0.0314 e. The fourth-order valence-corrected chi connectivity index (χ4v) is 4.71. The van der Waals surface area contributed by atoms with Gasteiger partial charge in [0.1, 0.15) is 0 Å². The number of hydrogen-bond acceptors (Lipinski definition) is 2. The van der Waals surface area contributed by atoms with Gasteiger partial charge in [0.05, 0.1) is 0 Å². The van der Waals surface area contributed by atoms with Crippen molar-refractivity contribution in [2.24, 2.45) is 0 Å². The molecule has 4 aromatic rings. The van der Waals surface area contributed by atoms with Crippen LogP contribution in [-0.4, -0.2) is 0 Å². The molecule has 35 heavy (non-hydrogen) atoms. The molecule has 4 rings (SSSR count). The predicted octanol–water partition coefficient (Wildman–Crippen LogP) is 7.74. The Kier molecular flexibility index (Phi) is 8.62. The minimum absolute atomic E-state index is 0.451. The van der Waals surface area contributed by atoms with Gasteiger partial charge in [-0.3, -0.25) is 0 Å². The van der Waals surface area contributed by atoms with E-state index >= 15 is 0 Å². The predicted molar refractivity (Wildman–Crippen MR) is 151 cm³/mol. The van der Waals surface area contributed by atoms with Crippen molar-refractivity contribution >= 4 is 11.4 Å². The SMILES string of the molecule is CCCCC(c1ccc(CCc2ccc(N)cc2)cc1)c1ccc(CCc2ccc(N)cc2)cc1. The van der Waals surface area contributed by atoms with E-state index in [0.29, 0.717) is 5.92 Å². The fraction of sp³-hybridized carbons (Fsp3) is 0.273. The van der Waals surface area contributed by atoms with Crippen LogP contribution in [0.2, 0.25) is 0 Å². The summed E-state index contributed by atoms with van der Waals surface area (Å²) in [5.74, 6) is 0.451. The molecule has 180 valence electrons. The van der Waals surface area contributed by atoms with Gasteiger partial charge in [-0.2, -0.15) is 0 Å². The number of nitrogens with two attached hydrogens (primary N) is 2. The van der Waals surface area contributed by atoms with Gasteiger partial charge in [0.2, 0.25) is 0 Å². The first-order valence-corrected chi connectivity index (χ1v) is 13.0. The summed E-state index contributed by atoms with van der Waals surface area (Å²) in [6, 6.07) is 35.1. The van der Waals surface area contributed by atoms with Gasteiger partial charge in [0, 0.05) is 17.3 Å². The second-order valence-electron chi connectivity index (χ2n) is 9.66. The molecule has 4 N–H and O–H groups in total. The molecule has 0 bridgehead atoms. The Morgan fingerprint density at radius 2 is 0.800 bits per heavy atom. The zero-order chi connectivity index (χ0) is 24.5. The largest absolute Gasteiger partial charge is 0.399 e. The van der Waals surface area contributed by atoms with E-state index in [2.05, 4.69) is 79.7 Å². The van der Waals surface area contributed by atoms with Gasteiger partial charge in [-0.05, 0) is 89.8 Å². The molecular formula is C33H38N2. The summed E-state index contributed by atoms with van der Waals surface area (Å²) in [5, 5.41) is 0. The van der Waals surface area contributed by atoms with E-state index in [1.807, 2.05) is 24.3 Å². The van der Waals surface area contributed by atoms with Gasteiger partial charge in [-0.25, -0.2) is 0 Å². The molecule has 0 atom stereocenters. The molecule has 0 saturated heterocycles. The summed E-state index contributed by atoms with van der Waals surface area (Å²) in [5.41, 5.74) is 21.6.